The van der Waals surface area contributed by atoms with Crippen LogP contribution in [-0.4, -0.2) is 69.9 Å². The highest BCUT2D eigenvalue weighted by atomic mass is 35.5. The molecule has 11 heteroatoms. The van der Waals surface area contributed by atoms with E-state index in [1.165, 1.54) is 12.4 Å². The van der Waals surface area contributed by atoms with E-state index in [2.05, 4.69) is 47.9 Å². The summed E-state index contributed by atoms with van der Waals surface area (Å²) in [7, 11) is 2.04. The third-order valence-corrected chi connectivity index (χ3v) is 6.93. The van der Waals surface area contributed by atoms with Gasteiger partial charge in [-0.3, -0.25) is 4.79 Å². The number of rotatable bonds is 11. The monoisotopic (exact) mass is 518 g/mol. The summed E-state index contributed by atoms with van der Waals surface area (Å²) in [5, 5.41) is 3.52. The lowest BCUT2D eigenvalue weighted by Crippen LogP contribution is -2.35. The minimum absolute atomic E-state index is 0.329. The van der Waals surface area contributed by atoms with Crippen molar-refractivity contribution in [3.8, 4) is 0 Å². The van der Waals surface area contributed by atoms with Crippen LogP contribution in [0.3, 0.4) is 0 Å². The van der Waals surface area contributed by atoms with Crippen LogP contribution < -0.4 is 20.9 Å². The largest absolute Gasteiger partial charge is 0.369 e. The normalized spacial score (nSPS) is 14.4. The van der Waals surface area contributed by atoms with Gasteiger partial charge < -0.3 is 25.4 Å². The number of amides is 1. The topological polar surface area (TPSA) is 105 Å². The van der Waals surface area contributed by atoms with Crippen molar-refractivity contribution in [1.82, 2.24) is 19.5 Å². The summed E-state index contributed by atoms with van der Waals surface area (Å²) in [6.07, 6.45) is 6.21. The standard InChI is InChI=1S/C24H32Cl2N8O/c1-32-21-3-2-19(33(12-7-25)13-8-26)14-20(21)31-24(32)28-9-4-17-5-10-34(11-6-17)23-29-15-18(16-30-23)22(27)35/h2-3,14-17H,4-13H2,1H3,(H2,27,35)(H,28,31). The number of primary amides is 1. The Bertz CT molecular complexity index is 1120. The molecule has 0 unspecified atom stereocenters. The predicted molar refractivity (Wildman–Crippen MR) is 143 cm³/mol. The van der Waals surface area contributed by atoms with E-state index >= 15 is 0 Å². The Morgan fingerprint density at radius 2 is 1.86 bits per heavy atom. The smallest absolute Gasteiger partial charge is 0.251 e. The van der Waals surface area contributed by atoms with Crippen molar-refractivity contribution in [1.29, 1.82) is 0 Å². The third kappa shape index (κ3) is 6.08. The first-order valence-corrected chi connectivity index (χ1v) is 13.0. The van der Waals surface area contributed by atoms with Crippen LogP contribution in [0.25, 0.3) is 11.0 Å². The van der Waals surface area contributed by atoms with E-state index in [9.17, 15) is 4.79 Å². The molecule has 3 aromatic rings. The maximum Gasteiger partial charge on any atom is 0.251 e. The molecule has 1 aliphatic heterocycles. The molecule has 0 radical (unpaired) electrons. The molecule has 0 atom stereocenters. The maximum atomic E-state index is 11.2. The van der Waals surface area contributed by atoms with Gasteiger partial charge in [-0.25, -0.2) is 15.0 Å². The Balaban J connectivity index is 1.29. The van der Waals surface area contributed by atoms with E-state index in [-0.39, 0.29) is 0 Å². The number of hydrogen-bond acceptors (Lipinski definition) is 7. The molecular weight excluding hydrogens is 487 g/mol. The van der Waals surface area contributed by atoms with Crippen molar-refractivity contribution >= 4 is 57.7 Å². The molecule has 188 valence electrons. The van der Waals surface area contributed by atoms with Crippen LogP contribution in [0.1, 0.15) is 29.6 Å². The number of imidazole rings is 1. The second-order valence-electron chi connectivity index (χ2n) is 8.81. The first-order chi connectivity index (χ1) is 17.0. The fourth-order valence-corrected chi connectivity index (χ4v) is 4.95. The Morgan fingerprint density at radius 3 is 2.49 bits per heavy atom. The van der Waals surface area contributed by atoms with Gasteiger partial charge in [-0.15, -0.1) is 23.2 Å². The number of aryl methyl sites for hydroxylation is 1. The molecule has 0 bridgehead atoms. The van der Waals surface area contributed by atoms with Gasteiger partial charge in [0.15, 0.2) is 0 Å². The lowest BCUT2D eigenvalue weighted by molar-refractivity contribution is 0.0999. The fraction of sp³-hybridized carbons (Fsp3) is 0.500. The number of carbonyl (C=O) groups excluding carboxylic acids is 1. The van der Waals surface area contributed by atoms with Gasteiger partial charge in [-0.2, -0.15) is 0 Å². The summed E-state index contributed by atoms with van der Waals surface area (Å²) < 4.78 is 2.10. The van der Waals surface area contributed by atoms with Crippen molar-refractivity contribution in [2.45, 2.75) is 19.3 Å². The highest BCUT2D eigenvalue weighted by Crippen LogP contribution is 2.26. The number of hydrogen-bond donors (Lipinski definition) is 2. The van der Waals surface area contributed by atoms with Gasteiger partial charge in [0.1, 0.15) is 0 Å². The van der Waals surface area contributed by atoms with Crippen molar-refractivity contribution in [3.63, 3.8) is 0 Å². The Hall–Kier alpha value is -2.78. The number of benzene rings is 1. The summed E-state index contributed by atoms with van der Waals surface area (Å²) in [6.45, 7) is 4.17. The lowest BCUT2D eigenvalue weighted by Gasteiger charge is -2.32. The minimum Gasteiger partial charge on any atom is -0.369 e. The second-order valence-corrected chi connectivity index (χ2v) is 9.57. The average molecular weight is 519 g/mol. The number of fused-ring (bicyclic) bond motifs is 1. The summed E-state index contributed by atoms with van der Waals surface area (Å²) in [5.41, 5.74) is 8.72. The summed E-state index contributed by atoms with van der Waals surface area (Å²) in [6, 6.07) is 6.31. The van der Waals surface area contributed by atoms with Gasteiger partial charge in [0.2, 0.25) is 11.9 Å². The van der Waals surface area contributed by atoms with Crippen LogP contribution in [0, 0.1) is 5.92 Å². The van der Waals surface area contributed by atoms with Crippen LogP contribution in [0.5, 0.6) is 0 Å². The van der Waals surface area contributed by atoms with Gasteiger partial charge in [0.05, 0.1) is 16.6 Å². The number of nitrogens with two attached hydrogens (primary N) is 1. The van der Waals surface area contributed by atoms with E-state index in [1.54, 1.807) is 0 Å². The number of aromatic nitrogens is 4. The molecule has 35 heavy (non-hydrogen) atoms. The minimum atomic E-state index is -0.511. The van der Waals surface area contributed by atoms with E-state index in [4.69, 9.17) is 33.9 Å². The van der Waals surface area contributed by atoms with Gasteiger partial charge in [-0.1, -0.05) is 0 Å². The maximum absolute atomic E-state index is 11.2. The van der Waals surface area contributed by atoms with E-state index in [1.807, 2.05) is 7.05 Å². The molecule has 4 rings (SSSR count). The molecule has 1 saturated heterocycles. The number of nitrogens with zero attached hydrogens (tertiary/aromatic N) is 6. The van der Waals surface area contributed by atoms with Crippen LogP contribution >= 0.6 is 23.2 Å². The second kappa shape index (κ2) is 11.8. The van der Waals surface area contributed by atoms with Crippen LogP contribution in [0.15, 0.2) is 30.6 Å². The van der Waals surface area contributed by atoms with Crippen LogP contribution in [-0.2, 0) is 7.05 Å². The number of piperidine rings is 1. The molecule has 1 aromatic carbocycles. The van der Waals surface area contributed by atoms with E-state index in [0.717, 1.165) is 74.7 Å². The zero-order valence-corrected chi connectivity index (χ0v) is 21.5. The number of alkyl halides is 2. The van der Waals surface area contributed by atoms with Gasteiger partial charge >= 0.3 is 0 Å². The van der Waals surface area contributed by atoms with Crippen molar-refractivity contribution in [2.75, 3.05) is 59.6 Å². The molecule has 3 heterocycles. The lowest BCUT2D eigenvalue weighted by atomic mass is 9.94. The van der Waals surface area contributed by atoms with E-state index in [0.29, 0.717) is 29.2 Å². The molecule has 1 fully saturated rings. The molecule has 0 saturated carbocycles. The number of carbonyl (C=O) groups is 1. The number of nitrogens with one attached hydrogen (secondary N) is 1. The Kier molecular flexibility index (Phi) is 8.51. The zero-order valence-electron chi connectivity index (χ0n) is 20.0. The first-order valence-electron chi connectivity index (χ1n) is 11.9. The van der Waals surface area contributed by atoms with Crippen molar-refractivity contribution in [3.05, 3.63) is 36.2 Å². The van der Waals surface area contributed by atoms with Gasteiger partial charge in [0.25, 0.3) is 5.91 Å². The van der Waals surface area contributed by atoms with Gasteiger partial charge in [0, 0.05) is 69.6 Å². The SMILES string of the molecule is Cn1c(NCCC2CCN(c3ncc(C(N)=O)cn3)CC2)nc2cc(N(CCCl)CCCl)ccc21. The van der Waals surface area contributed by atoms with Gasteiger partial charge in [-0.05, 0) is 43.4 Å². The molecule has 0 aliphatic carbocycles. The molecular formula is C24H32Cl2N8O. The summed E-state index contributed by atoms with van der Waals surface area (Å²) in [5.74, 6) is 2.75. The molecule has 3 N–H and O–H groups in total. The highest BCUT2D eigenvalue weighted by molar-refractivity contribution is 6.18. The number of anilines is 3. The average Bonchev–Trinajstić information content (AvgIpc) is 3.19. The van der Waals surface area contributed by atoms with Crippen LogP contribution in [0.4, 0.5) is 17.6 Å². The highest BCUT2D eigenvalue weighted by Gasteiger charge is 2.21. The van der Waals surface area contributed by atoms with Crippen molar-refractivity contribution < 1.29 is 4.79 Å². The Labute approximate surface area is 215 Å². The summed E-state index contributed by atoms with van der Waals surface area (Å²) in [4.78, 5) is 29.0. The number of halogens is 2. The third-order valence-electron chi connectivity index (χ3n) is 6.59. The first kappa shape index (κ1) is 25.3. The molecule has 9 nitrogen and oxygen atoms in total. The zero-order chi connectivity index (χ0) is 24.8. The molecule has 0 spiro atoms. The molecule has 1 aliphatic rings. The Morgan fingerprint density at radius 1 is 1.17 bits per heavy atom. The van der Waals surface area contributed by atoms with E-state index < -0.39 is 5.91 Å². The predicted octanol–water partition coefficient (Wildman–Crippen LogP) is 3.46. The van der Waals surface area contributed by atoms with Crippen molar-refractivity contribution in [2.24, 2.45) is 18.7 Å². The molecule has 1 amide bonds. The fourth-order valence-electron chi connectivity index (χ4n) is 4.54. The quantitative estimate of drug-likeness (QED) is 0.374. The summed E-state index contributed by atoms with van der Waals surface area (Å²) >= 11 is 11.9. The van der Waals surface area contributed by atoms with Crippen LogP contribution in [0.2, 0.25) is 0 Å². The molecule has 2 aromatic heterocycles.